The third-order valence-electron chi connectivity index (χ3n) is 3.31. The molecule has 0 amide bonds. The Kier molecular flexibility index (Phi) is 3.18. The van der Waals surface area contributed by atoms with Crippen molar-refractivity contribution in [2.45, 2.75) is 26.2 Å². The van der Waals surface area contributed by atoms with Crippen molar-refractivity contribution in [1.82, 2.24) is 9.55 Å². The Hall–Kier alpha value is -1.77. The summed E-state index contributed by atoms with van der Waals surface area (Å²) in [7, 11) is 1.95. The lowest BCUT2D eigenvalue weighted by atomic mass is 9.96. The van der Waals surface area contributed by atoms with Gasteiger partial charge in [0.15, 0.2) is 0 Å². The molecule has 0 fully saturated rings. The Morgan fingerprint density at radius 1 is 1.29 bits per heavy atom. The van der Waals surface area contributed by atoms with Gasteiger partial charge in [-0.1, -0.05) is 37.3 Å². The molecule has 0 bridgehead atoms. The monoisotopic (exact) mass is 229 g/mol. The predicted octanol–water partition coefficient (Wildman–Crippen LogP) is 2.66. The van der Waals surface area contributed by atoms with E-state index in [-0.39, 0.29) is 0 Å². The summed E-state index contributed by atoms with van der Waals surface area (Å²) in [6.45, 7) is 4.19. The van der Waals surface area contributed by atoms with E-state index in [4.69, 9.17) is 5.73 Å². The summed E-state index contributed by atoms with van der Waals surface area (Å²) in [6, 6.07) is 10.5. The van der Waals surface area contributed by atoms with Crippen molar-refractivity contribution in [2.75, 3.05) is 5.73 Å². The number of imidazole rings is 1. The minimum absolute atomic E-state index is 0.438. The lowest BCUT2D eigenvalue weighted by Gasteiger charge is -2.10. The highest BCUT2D eigenvalue weighted by Crippen LogP contribution is 2.23. The third kappa shape index (κ3) is 2.33. The lowest BCUT2D eigenvalue weighted by Crippen LogP contribution is -2.03. The van der Waals surface area contributed by atoms with Gasteiger partial charge in [-0.3, -0.25) is 0 Å². The van der Waals surface area contributed by atoms with Crippen LogP contribution >= 0.6 is 0 Å². The standard InChI is InChI=1S/C14H19N3/c1-10(12-7-5-4-6-8-12)9-13-14(15)17(3)11(2)16-13/h4-8,10H,9,15H2,1-3H3. The molecule has 0 aliphatic carbocycles. The van der Waals surface area contributed by atoms with Gasteiger partial charge in [-0.25, -0.2) is 4.98 Å². The molecule has 90 valence electrons. The molecular formula is C14H19N3. The van der Waals surface area contributed by atoms with Crippen LogP contribution in [0.15, 0.2) is 30.3 Å². The first kappa shape index (κ1) is 11.7. The number of aromatic nitrogens is 2. The van der Waals surface area contributed by atoms with Crippen LogP contribution in [0, 0.1) is 6.92 Å². The van der Waals surface area contributed by atoms with Gasteiger partial charge in [0, 0.05) is 7.05 Å². The van der Waals surface area contributed by atoms with Crippen LogP contribution in [0.2, 0.25) is 0 Å². The van der Waals surface area contributed by atoms with Crippen LogP contribution in [0.5, 0.6) is 0 Å². The van der Waals surface area contributed by atoms with Crippen molar-refractivity contribution in [3.05, 3.63) is 47.4 Å². The smallest absolute Gasteiger partial charge is 0.126 e. The van der Waals surface area contributed by atoms with Crippen molar-refractivity contribution in [1.29, 1.82) is 0 Å². The molecule has 1 heterocycles. The maximum absolute atomic E-state index is 6.03. The van der Waals surface area contributed by atoms with E-state index in [1.165, 1.54) is 5.56 Å². The van der Waals surface area contributed by atoms with Crippen molar-refractivity contribution in [3.8, 4) is 0 Å². The summed E-state index contributed by atoms with van der Waals surface area (Å²) in [5.41, 5.74) is 8.36. The molecule has 0 spiro atoms. The summed E-state index contributed by atoms with van der Waals surface area (Å²) in [4.78, 5) is 4.51. The van der Waals surface area contributed by atoms with E-state index in [0.717, 1.165) is 23.8 Å². The van der Waals surface area contributed by atoms with Gasteiger partial charge in [0.1, 0.15) is 11.6 Å². The first-order valence-electron chi connectivity index (χ1n) is 5.92. The van der Waals surface area contributed by atoms with Crippen LogP contribution < -0.4 is 5.73 Å². The van der Waals surface area contributed by atoms with E-state index < -0.39 is 0 Å². The number of anilines is 1. The fourth-order valence-electron chi connectivity index (χ4n) is 2.04. The number of aryl methyl sites for hydroxylation is 1. The average molecular weight is 229 g/mol. The van der Waals surface area contributed by atoms with Crippen LogP contribution in [0.3, 0.4) is 0 Å². The van der Waals surface area contributed by atoms with Crippen molar-refractivity contribution < 1.29 is 0 Å². The van der Waals surface area contributed by atoms with Crippen LogP contribution in [-0.2, 0) is 13.5 Å². The minimum atomic E-state index is 0.438. The molecule has 0 saturated heterocycles. The molecule has 2 aromatic rings. The molecule has 2 N–H and O–H groups in total. The van der Waals surface area contributed by atoms with Gasteiger partial charge in [-0.05, 0) is 24.8 Å². The molecule has 0 aliphatic heterocycles. The molecule has 1 unspecified atom stereocenters. The minimum Gasteiger partial charge on any atom is -0.384 e. The van der Waals surface area contributed by atoms with Gasteiger partial charge in [0.2, 0.25) is 0 Å². The molecule has 0 aliphatic rings. The second-order valence-corrected chi connectivity index (χ2v) is 4.57. The third-order valence-corrected chi connectivity index (χ3v) is 3.31. The zero-order valence-corrected chi connectivity index (χ0v) is 10.6. The zero-order valence-electron chi connectivity index (χ0n) is 10.6. The number of nitrogens with two attached hydrogens (primary N) is 1. The molecule has 0 radical (unpaired) electrons. The Labute approximate surface area is 102 Å². The molecule has 3 nitrogen and oxygen atoms in total. The lowest BCUT2D eigenvalue weighted by molar-refractivity contribution is 0.745. The van der Waals surface area contributed by atoms with Gasteiger partial charge in [0.05, 0.1) is 5.69 Å². The number of hydrogen-bond acceptors (Lipinski definition) is 2. The average Bonchev–Trinajstić information content (AvgIpc) is 2.58. The predicted molar refractivity (Wildman–Crippen MR) is 70.9 cm³/mol. The van der Waals surface area contributed by atoms with Gasteiger partial charge in [-0.2, -0.15) is 0 Å². The van der Waals surface area contributed by atoms with Gasteiger partial charge < -0.3 is 10.3 Å². The highest BCUT2D eigenvalue weighted by molar-refractivity contribution is 5.39. The van der Waals surface area contributed by atoms with E-state index in [2.05, 4.69) is 36.2 Å². The molecular weight excluding hydrogens is 210 g/mol. The molecule has 0 saturated carbocycles. The van der Waals surface area contributed by atoms with Crippen molar-refractivity contribution >= 4 is 5.82 Å². The number of nitrogen functional groups attached to an aromatic ring is 1. The Bertz CT molecular complexity index is 500. The second-order valence-electron chi connectivity index (χ2n) is 4.57. The highest BCUT2D eigenvalue weighted by Gasteiger charge is 2.13. The number of hydrogen-bond donors (Lipinski definition) is 1. The highest BCUT2D eigenvalue weighted by atomic mass is 15.1. The Morgan fingerprint density at radius 2 is 1.94 bits per heavy atom. The first-order chi connectivity index (χ1) is 8.09. The van der Waals surface area contributed by atoms with Crippen molar-refractivity contribution in [2.24, 2.45) is 7.05 Å². The molecule has 2 rings (SSSR count). The van der Waals surface area contributed by atoms with Crippen LogP contribution in [0.25, 0.3) is 0 Å². The first-order valence-corrected chi connectivity index (χ1v) is 5.92. The maximum atomic E-state index is 6.03. The summed E-state index contributed by atoms with van der Waals surface area (Å²) in [5, 5.41) is 0. The zero-order chi connectivity index (χ0) is 12.4. The fraction of sp³-hybridized carbons (Fsp3) is 0.357. The summed E-state index contributed by atoms with van der Waals surface area (Å²) < 4.78 is 1.94. The molecule has 17 heavy (non-hydrogen) atoms. The van der Waals surface area contributed by atoms with E-state index in [1.807, 2.05) is 24.6 Å². The van der Waals surface area contributed by atoms with E-state index in [0.29, 0.717) is 5.92 Å². The SMILES string of the molecule is Cc1nc(CC(C)c2ccccc2)c(N)n1C. The van der Waals surface area contributed by atoms with Crippen LogP contribution in [0.1, 0.15) is 29.9 Å². The number of rotatable bonds is 3. The maximum Gasteiger partial charge on any atom is 0.126 e. The topological polar surface area (TPSA) is 43.8 Å². The van der Waals surface area contributed by atoms with Crippen LogP contribution in [-0.4, -0.2) is 9.55 Å². The summed E-state index contributed by atoms with van der Waals surface area (Å²) >= 11 is 0. The Balaban J connectivity index is 2.19. The van der Waals surface area contributed by atoms with Gasteiger partial charge in [-0.15, -0.1) is 0 Å². The van der Waals surface area contributed by atoms with E-state index in [9.17, 15) is 0 Å². The molecule has 1 aromatic heterocycles. The fourth-order valence-corrected chi connectivity index (χ4v) is 2.04. The molecule has 1 atom stereocenters. The van der Waals surface area contributed by atoms with Crippen LogP contribution in [0.4, 0.5) is 5.82 Å². The Morgan fingerprint density at radius 3 is 2.47 bits per heavy atom. The molecule has 3 heteroatoms. The summed E-state index contributed by atoms with van der Waals surface area (Å²) in [5.74, 6) is 2.19. The van der Waals surface area contributed by atoms with Gasteiger partial charge in [0.25, 0.3) is 0 Å². The largest absolute Gasteiger partial charge is 0.384 e. The molecule has 1 aromatic carbocycles. The van der Waals surface area contributed by atoms with E-state index >= 15 is 0 Å². The normalized spacial score (nSPS) is 12.6. The number of nitrogens with zero attached hydrogens (tertiary/aromatic N) is 2. The number of benzene rings is 1. The van der Waals surface area contributed by atoms with Crippen molar-refractivity contribution in [3.63, 3.8) is 0 Å². The quantitative estimate of drug-likeness (QED) is 0.879. The van der Waals surface area contributed by atoms with Gasteiger partial charge >= 0.3 is 0 Å². The summed E-state index contributed by atoms with van der Waals surface area (Å²) in [6.07, 6.45) is 0.886. The van der Waals surface area contributed by atoms with E-state index in [1.54, 1.807) is 0 Å². The second kappa shape index (κ2) is 4.62.